The van der Waals surface area contributed by atoms with E-state index >= 15 is 0 Å². The van der Waals surface area contributed by atoms with Crippen molar-refractivity contribution in [1.29, 1.82) is 0 Å². The van der Waals surface area contributed by atoms with E-state index in [0.29, 0.717) is 17.5 Å². The Morgan fingerprint density at radius 2 is 1.79 bits per heavy atom. The quantitative estimate of drug-likeness (QED) is 0.283. The maximum absolute atomic E-state index is 13.4. The van der Waals surface area contributed by atoms with Crippen LogP contribution in [0.15, 0.2) is 45.6 Å². The smallest absolute Gasteiger partial charge is 0.238 e. The molecule has 1 aliphatic heterocycles. The molecule has 0 fully saturated rings. The lowest BCUT2D eigenvalue weighted by Gasteiger charge is -2.38. The van der Waals surface area contributed by atoms with E-state index in [0.717, 1.165) is 11.6 Å². The van der Waals surface area contributed by atoms with E-state index in [1.165, 1.54) is 6.07 Å². The normalized spacial score (nSPS) is 16.6. The zero-order valence-corrected chi connectivity index (χ0v) is 22.5. The molecule has 0 bridgehead atoms. The summed E-state index contributed by atoms with van der Waals surface area (Å²) in [5.74, 6) is -1.90. The largest absolute Gasteiger partial charge is 0.507 e. The summed E-state index contributed by atoms with van der Waals surface area (Å²) in [5.41, 5.74) is -0.315. The molecule has 3 aromatic rings. The van der Waals surface area contributed by atoms with Crippen LogP contribution < -0.4 is 10.2 Å². The third-order valence-electron chi connectivity index (χ3n) is 7.26. The average molecular weight is 523 g/mol. The van der Waals surface area contributed by atoms with Crippen molar-refractivity contribution in [1.82, 2.24) is 0 Å². The van der Waals surface area contributed by atoms with Crippen molar-refractivity contribution in [2.24, 2.45) is 0 Å². The summed E-state index contributed by atoms with van der Waals surface area (Å²) < 4.78 is 12.1. The van der Waals surface area contributed by atoms with Gasteiger partial charge in [0.05, 0.1) is 6.10 Å². The maximum atomic E-state index is 13.4. The average Bonchev–Trinajstić information content (AvgIpc) is 2.81. The summed E-state index contributed by atoms with van der Waals surface area (Å²) in [6, 6.07) is 2.38. The molecule has 0 radical (unpaired) electrons. The van der Waals surface area contributed by atoms with Crippen molar-refractivity contribution < 1.29 is 34.7 Å². The highest BCUT2D eigenvalue weighted by Crippen LogP contribution is 2.49. The van der Waals surface area contributed by atoms with Gasteiger partial charge in [-0.05, 0) is 45.7 Å². The van der Waals surface area contributed by atoms with Crippen LogP contribution in [0.1, 0.15) is 58.2 Å². The number of allylic oxidation sites excluding steroid dienone is 3. The predicted molar refractivity (Wildman–Crippen MR) is 145 cm³/mol. The van der Waals surface area contributed by atoms with Gasteiger partial charge in [0.2, 0.25) is 11.2 Å². The highest BCUT2D eigenvalue weighted by atomic mass is 16.5. The molecule has 0 aliphatic carbocycles. The summed E-state index contributed by atoms with van der Waals surface area (Å²) in [5, 5.41) is 53.8. The van der Waals surface area contributed by atoms with Crippen LogP contribution in [0.3, 0.4) is 0 Å². The summed E-state index contributed by atoms with van der Waals surface area (Å²) in [6.45, 7) is 14.6. The number of phenolic OH excluding ortho intramolecular Hbond substituents is 3. The van der Waals surface area contributed by atoms with E-state index < -0.39 is 34.0 Å². The van der Waals surface area contributed by atoms with Crippen LogP contribution in [0.2, 0.25) is 0 Å². The first-order valence-electron chi connectivity index (χ1n) is 12.4. The molecule has 8 nitrogen and oxygen atoms in total. The van der Waals surface area contributed by atoms with E-state index in [1.54, 1.807) is 33.8 Å². The summed E-state index contributed by atoms with van der Waals surface area (Å²) in [6.07, 6.45) is 3.10. The molecule has 0 amide bonds. The van der Waals surface area contributed by atoms with Crippen LogP contribution in [-0.4, -0.2) is 37.2 Å². The molecular formula is C30H34O8. The van der Waals surface area contributed by atoms with Gasteiger partial charge in [0.15, 0.2) is 17.3 Å². The molecule has 0 unspecified atom stereocenters. The topological polar surface area (TPSA) is 141 Å². The molecular weight excluding hydrogens is 488 g/mol. The zero-order chi connectivity index (χ0) is 28.3. The van der Waals surface area contributed by atoms with Crippen molar-refractivity contribution in [2.75, 3.05) is 0 Å². The third-order valence-corrected chi connectivity index (χ3v) is 7.26. The van der Waals surface area contributed by atoms with Gasteiger partial charge in [-0.1, -0.05) is 31.6 Å². The Hall–Kier alpha value is -3.91. The molecule has 1 aliphatic rings. The minimum absolute atomic E-state index is 0.118. The van der Waals surface area contributed by atoms with E-state index in [4.69, 9.17) is 9.15 Å². The molecule has 0 saturated heterocycles. The molecule has 8 heteroatoms. The van der Waals surface area contributed by atoms with Crippen molar-refractivity contribution >= 4 is 11.0 Å². The fourth-order valence-corrected chi connectivity index (χ4v) is 4.82. The van der Waals surface area contributed by atoms with Gasteiger partial charge in [0, 0.05) is 34.6 Å². The molecule has 202 valence electrons. The number of benzene rings is 2. The van der Waals surface area contributed by atoms with Gasteiger partial charge in [-0.2, -0.15) is 0 Å². The number of hydrogen-bond donors (Lipinski definition) is 5. The van der Waals surface area contributed by atoms with E-state index in [2.05, 4.69) is 6.58 Å². The first-order valence-corrected chi connectivity index (χ1v) is 12.4. The highest BCUT2D eigenvalue weighted by molar-refractivity contribution is 5.92. The van der Waals surface area contributed by atoms with Crippen LogP contribution in [0.5, 0.6) is 28.7 Å². The van der Waals surface area contributed by atoms with Crippen LogP contribution in [0.25, 0.3) is 22.3 Å². The van der Waals surface area contributed by atoms with E-state index in [1.807, 2.05) is 19.9 Å². The van der Waals surface area contributed by atoms with Crippen molar-refractivity contribution in [2.45, 2.75) is 71.5 Å². The van der Waals surface area contributed by atoms with Gasteiger partial charge in [0.25, 0.3) is 0 Å². The maximum Gasteiger partial charge on any atom is 0.238 e. The molecule has 1 atom stereocenters. The van der Waals surface area contributed by atoms with Gasteiger partial charge in [-0.15, -0.1) is 6.58 Å². The van der Waals surface area contributed by atoms with Crippen molar-refractivity contribution in [3.8, 4) is 40.1 Å². The van der Waals surface area contributed by atoms with Gasteiger partial charge in [-0.25, -0.2) is 0 Å². The number of aliphatic hydroxyl groups is 1. The standard InChI is InChI=1S/C30H34O8/c1-8-29(4,5)23-19(32)13-18(31)22-24(35)25(36)27(37-28(22)23)16-11-20(33)26-17(15(16)10-9-14(2)3)12-21(34)30(6,7)38-26/h8-9,11,13,21,31-34,36H,1,10,12H2,2-7H3/t21-/m0/s1. The second kappa shape index (κ2) is 9.13. The molecule has 2 aromatic carbocycles. The van der Waals surface area contributed by atoms with Crippen molar-refractivity contribution in [3.05, 3.63) is 63.4 Å². The van der Waals surface area contributed by atoms with Gasteiger partial charge in [-0.3, -0.25) is 4.79 Å². The first kappa shape index (κ1) is 27.1. The van der Waals surface area contributed by atoms with Crippen LogP contribution in [0, 0.1) is 0 Å². The van der Waals surface area contributed by atoms with Crippen LogP contribution in [0.4, 0.5) is 0 Å². The predicted octanol–water partition coefficient (Wildman–Crippen LogP) is 5.33. The monoisotopic (exact) mass is 522 g/mol. The summed E-state index contributed by atoms with van der Waals surface area (Å²) in [4.78, 5) is 13.4. The third kappa shape index (κ3) is 4.28. The van der Waals surface area contributed by atoms with Gasteiger partial charge >= 0.3 is 0 Å². The zero-order valence-electron chi connectivity index (χ0n) is 22.5. The SMILES string of the molecule is C=CC(C)(C)c1c(O)cc(O)c2c(=O)c(O)c(-c3cc(O)c4c(c3CC=C(C)C)C[C@H](O)C(C)(C)O4)oc12. The Kier molecular flexibility index (Phi) is 6.52. The van der Waals surface area contributed by atoms with E-state index in [-0.39, 0.29) is 51.5 Å². The second-order valence-electron chi connectivity index (χ2n) is 11.2. The molecule has 0 saturated carbocycles. The summed E-state index contributed by atoms with van der Waals surface area (Å²) >= 11 is 0. The van der Waals surface area contributed by atoms with Gasteiger partial charge in [0.1, 0.15) is 28.1 Å². The Labute approximate surface area is 220 Å². The first-order chi connectivity index (χ1) is 17.6. The fourth-order valence-electron chi connectivity index (χ4n) is 4.82. The number of fused-ring (bicyclic) bond motifs is 2. The van der Waals surface area contributed by atoms with Crippen LogP contribution >= 0.6 is 0 Å². The Bertz CT molecular complexity index is 1550. The second-order valence-corrected chi connectivity index (χ2v) is 11.2. The molecule has 0 spiro atoms. The lowest BCUT2D eigenvalue weighted by atomic mass is 9.82. The van der Waals surface area contributed by atoms with E-state index in [9.17, 15) is 30.3 Å². The number of ether oxygens (including phenoxy) is 1. The minimum atomic E-state index is -0.947. The number of hydrogen-bond acceptors (Lipinski definition) is 8. The minimum Gasteiger partial charge on any atom is -0.507 e. The molecule has 2 heterocycles. The summed E-state index contributed by atoms with van der Waals surface area (Å²) in [7, 11) is 0. The van der Waals surface area contributed by atoms with Crippen molar-refractivity contribution in [3.63, 3.8) is 0 Å². The number of aromatic hydroxyl groups is 4. The number of aliphatic hydroxyl groups excluding tert-OH is 1. The molecule has 1 aromatic heterocycles. The molecule has 5 N–H and O–H groups in total. The van der Waals surface area contributed by atoms with Crippen LogP contribution in [-0.2, 0) is 18.3 Å². The number of rotatable bonds is 5. The fraction of sp³-hybridized carbons (Fsp3) is 0.367. The Balaban J connectivity index is 2.15. The number of phenols is 3. The Morgan fingerprint density at radius 1 is 1.13 bits per heavy atom. The molecule has 38 heavy (non-hydrogen) atoms. The lowest BCUT2D eigenvalue weighted by molar-refractivity contribution is -0.0427. The highest BCUT2D eigenvalue weighted by Gasteiger charge is 2.39. The molecule has 4 rings (SSSR count). The lowest BCUT2D eigenvalue weighted by Crippen LogP contribution is -2.46. The Morgan fingerprint density at radius 3 is 2.39 bits per heavy atom. The van der Waals surface area contributed by atoms with Gasteiger partial charge < -0.3 is 34.7 Å².